The van der Waals surface area contributed by atoms with E-state index in [2.05, 4.69) is 5.32 Å². The third-order valence-corrected chi connectivity index (χ3v) is 8.54. The van der Waals surface area contributed by atoms with Gasteiger partial charge in [0, 0.05) is 35.2 Å². The van der Waals surface area contributed by atoms with Gasteiger partial charge in [-0.3, -0.25) is 19.3 Å². The molecule has 0 aromatic heterocycles. The maximum Gasteiger partial charge on any atom is 0.255 e. The number of hydrogen-bond donors (Lipinski definition) is 6. The number of rotatable bonds is 3. The number of aromatic hydroxyl groups is 1. The van der Waals surface area contributed by atoms with E-state index in [4.69, 9.17) is 5.73 Å². The lowest BCUT2D eigenvalue weighted by Crippen LogP contribution is -2.63. The first kappa shape index (κ1) is 26.1. The summed E-state index contributed by atoms with van der Waals surface area (Å²) in [5.74, 6) is -8.24. The highest BCUT2D eigenvalue weighted by molar-refractivity contribution is 6.24. The Morgan fingerprint density at radius 3 is 2.37 bits per heavy atom. The van der Waals surface area contributed by atoms with E-state index >= 15 is 4.39 Å². The summed E-state index contributed by atoms with van der Waals surface area (Å²) in [6.45, 7) is 0.431. The number of Topliss-reactive ketones (excluding diaryl/α,β-unsaturated/α-hetero) is 2. The number of carbonyl (C=O) groups is 3. The summed E-state index contributed by atoms with van der Waals surface area (Å²) in [6, 6.07) is -1.45. The number of aliphatic hydroxyl groups is 3. The molecule has 5 rings (SSSR count). The molecule has 3 aliphatic carbocycles. The Labute approximate surface area is 218 Å². The largest absolute Gasteiger partial charge is 0.510 e. The van der Waals surface area contributed by atoms with Crippen LogP contribution in [0.25, 0.3) is 0 Å². The third-order valence-electron chi connectivity index (χ3n) is 8.54. The van der Waals surface area contributed by atoms with Crippen LogP contribution in [0.1, 0.15) is 40.4 Å². The number of nitrogens with zero attached hydrogens (tertiary/aromatic N) is 2. The predicted molar refractivity (Wildman–Crippen MR) is 133 cm³/mol. The number of primary amides is 1. The second-order valence-corrected chi connectivity index (χ2v) is 11.0. The number of ketones is 2. The molecule has 0 radical (unpaired) electrons. The number of allylic oxidation sites excluding steroid dienone is 1. The van der Waals surface area contributed by atoms with Gasteiger partial charge in [-0.1, -0.05) is 0 Å². The highest BCUT2D eigenvalue weighted by Crippen LogP contribution is 2.54. The molecule has 1 aromatic carbocycles. The monoisotopic (exact) mass is 530 g/mol. The summed E-state index contributed by atoms with van der Waals surface area (Å²) in [7, 11) is 6.68. The Bertz CT molecular complexity index is 1370. The summed E-state index contributed by atoms with van der Waals surface area (Å²) >= 11 is 0. The van der Waals surface area contributed by atoms with Crippen LogP contribution >= 0.6 is 0 Å². The SMILES string of the molecule is CN(C)C1CCNc2c(O)c3c(c(F)c21)CC1CC2C(N(C)C)C(O)=C(C(N)=O)C(=O)[C@@]2(O)C(O)=C1C3=O. The molecule has 0 saturated carbocycles. The van der Waals surface area contributed by atoms with Crippen molar-refractivity contribution in [1.82, 2.24) is 9.80 Å². The summed E-state index contributed by atoms with van der Waals surface area (Å²) in [6.07, 6.45) is 0.383. The number of fused-ring (bicyclic) bond motifs is 4. The minimum atomic E-state index is -2.73. The van der Waals surface area contributed by atoms with Gasteiger partial charge in [-0.15, -0.1) is 0 Å². The van der Waals surface area contributed by atoms with E-state index in [0.29, 0.717) is 13.0 Å². The predicted octanol–water partition coefficient (Wildman–Crippen LogP) is 0.678. The van der Waals surface area contributed by atoms with Gasteiger partial charge in [0.15, 0.2) is 17.1 Å². The van der Waals surface area contributed by atoms with Crippen LogP contribution in [0.3, 0.4) is 0 Å². The number of nitrogens with two attached hydrogens (primary N) is 1. The number of benzene rings is 1. The second-order valence-electron chi connectivity index (χ2n) is 11.0. The first-order valence-electron chi connectivity index (χ1n) is 12.4. The van der Waals surface area contributed by atoms with Gasteiger partial charge in [-0.05, 0) is 53.4 Å². The number of carbonyl (C=O) groups excluding carboxylic acids is 3. The molecule has 38 heavy (non-hydrogen) atoms. The zero-order valence-corrected chi connectivity index (χ0v) is 21.5. The van der Waals surface area contributed by atoms with E-state index in [1.807, 2.05) is 4.90 Å². The molecule has 5 atom stereocenters. The Hall–Kier alpha value is -3.48. The van der Waals surface area contributed by atoms with Crippen LogP contribution in [0.4, 0.5) is 10.1 Å². The fraction of sp³-hybridized carbons (Fsp3) is 0.500. The summed E-state index contributed by atoms with van der Waals surface area (Å²) in [5, 5.41) is 47.9. The Balaban J connectivity index is 1.74. The first-order chi connectivity index (χ1) is 17.7. The molecule has 12 heteroatoms. The van der Waals surface area contributed by atoms with E-state index in [-0.39, 0.29) is 46.8 Å². The van der Waals surface area contributed by atoms with Gasteiger partial charge in [-0.25, -0.2) is 4.39 Å². The summed E-state index contributed by atoms with van der Waals surface area (Å²) < 4.78 is 16.1. The van der Waals surface area contributed by atoms with Crippen molar-refractivity contribution in [3.8, 4) is 5.75 Å². The van der Waals surface area contributed by atoms with Crippen molar-refractivity contribution < 1.29 is 39.2 Å². The van der Waals surface area contributed by atoms with Gasteiger partial charge >= 0.3 is 0 Å². The van der Waals surface area contributed by atoms with Gasteiger partial charge in [0.25, 0.3) is 5.91 Å². The van der Waals surface area contributed by atoms with Crippen molar-refractivity contribution in [3.63, 3.8) is 0 Å². The molecule has 11 nitrogen and oxygen atoms in total. The molecule has 0 fully saturated rings. The molecule has 4 aliphatic rings. The minimum Gasteiger partial charge on any atom is -0.510 e. The number of anilines is 1. The van der Waals surface area contributed by atoms with Gasteiger partial charge in [0.2, 0.25) is 5.78 Å². The van der Waals surface area contributed by atoms with Gasteiger partial charge in [0.05, 0.1) is 17.3 Å². The molecule has 0 bridgehead atoms. The molecule has 4 unspecified atom stereocenters. The lowest BCUT2D eigenvalue weighted by Gasteiger charge is -2.50. The standard InChI is InChI=1S/C26H31FN4O7/c1-30(2)12-5-6-29-18-15(12)17(27)10-7-9-8-11-19(31(3)4)22(34)16(25(28)37)24(36)26(11,38)23(35)13(9)20(32)14(10)21(18)33/h9,11-12,19,29,33-35,38H,5-8H2,1-4H3,(H2,28,37)/t9?,11?,12?,19?,26-/m0/s1. The van der Waals surface area contributed by atoms with Gasteiger partial charge in [0.1, 0.15) is 22.9 Å². The van der Waals surface area contributed by atoms with Crippen molar-refractivity contribution in [2.45, 2.75) is 36.9 Å². The van der Waals surface area contributed by atoms with Crippen LogP contribution in [0.5, 0.6) is 5.75 Å². The van der Waals surface area contributed by atoms with E-state index in [0.717, 1.165) is 0 Å². The van der Waals surface area contributed by atoms with Crippen molar-refractivity contribution in [1.29, 1.82) is 0 Å². The number of hydrogen-bond acceptors (Lipinski definition) is 10. The molecule has 1 amide bonds. The minimum absolute atomic E-state index is 0.00471. The van der Waals surface area contributed by atoms with Crippen LogP contribution in [-0.4, -0.2) is 94.1 Å². The van der Waals surface area contributed by atoms with Gasteiger partial charge in [-0.2, -0.15) is 0 Å². The number of phenolic OH excluding ortho intramolecular Hbond substituents is 1. The third kappa shape index (κ3) is 3.20. The molecule has 0 spiro atoms. The molecule has 1 aliphatic heterocycles. The van der Waals surface area contributed by atoms with E-state index in [1.54, 1.807) is 28.2 Å². The summed E-state index contributed by atoms with van der Waals surface area (Å²) in [5.41, 5.74) is 1.41. The Kier molecular flexibility index (Phi) is 5.86. The molecule has 1 heterocycles. The van der Waals surface area contributed by atoms with Crippen molar-refractivity contribution in [3.05, 3.63) is 45.2 Å². The van der Waals surface area contributed by atoms with E-state index in [1.165, 1.54) is 4.90 Å². The zero-order valence-electron chi connectivity index (χ0n) is 21.5. The van der Waals surface area contributed by atoms with Gasteiger partial charge < -0.3 is 36.4 Å². The number of phenols is 1. The fourth-order valence-electron chi connectivity index (χ4n) is 6.85. The molecule has 0 saturated heterocycles. The maximum absolute atomic E-state index is 16.1. The zero-order chi connectivity index (χ0) is 28.0. The Morgan fingerprint density at radius 1 is 1.13 bits per heavy atom. The molecule has 1 aromatic rings. The average Bonchev–Trinajstić information content (AvgIpc) is 2.83. The number of likely N-dealkylation sites (N-methyl/N-ethyl adjacent to an activating group) is 1. The highest BCUT2D eigenvalue weighted by atomic mass is 19.1. The second kappa shape index (κ2) is 8.52. The quantitative estimate of drug-likeness (QED) is 0.241. The topological polar surface area (TPSA) is 177 Å². The van der Waals surface area contributed by atoms with Crippen LogP contribution < -0.4 is 11.1 Å². The molecular weight excluding hydrogens is 499 g/mol. The Morgan fingerprint density at radius 2 is 1.79 bits per heavy atom. The average molecular weight is 531 g/mol. The lowest BCUT2D eigenvalue weighted by atomic mass is 9.58. The van der Waals surface area contributed by atoms with Crippen molar-refractivity contribution in [2.75, 3.05) is 40.1 Å². The number of halogens is 1. The summed E-state index contributed by atoms with van der Waals surface area (Å²) in [4.78, 5) is 42.5. The first-order valence-corrected chi connectivity index (χ1v) is 12.4. The van der Waals surface area contributed by atoms with Crippen LogP contribution in [0.15, 0.2) is 22.7 Å². The number of amides is 1. The van der Waals surface area contributed by atoms with Crippen LogP contribution in [0.2, 0.25) is 0 Å². The highest BCUT2D eigenvalue weighted by Gasteiger charge is 2.63. The maximum atomic E-state index is 16.1. The molecule has 204 valence electrons. The fourth-order valence-corrected chi connectivity index (χ4v) is 6.85. The molecule has 7 N–H and O–H groups in total. The van der Waals surface area contributed by atoms with Crippen molar-refractivity contribution >= 4 is 23.2 Å². The van der Waals surface area contributed by atoms with E-state index in [9.17, 15) is 34.8 Å². The number of nitrogens with one attached hydrogen (secondary N) is 1. The van der Waals surface area contributed by atoms with Crippen LogP contribution in [-0.2, 0) is 16.0 Å². The molecular formula is C26H31FN4O7. The normalized spacial score (nSPS) is 30.6. The van der Waals surface area contributed by atoms with E-state index < -0.39 is 69.6 Å². The number of aliphatic hydroxyl groups excluding tert-OH is 2. The van der Waals surface area contributed by atoms with Crippen LogP contribution in [0, 0.1) is 17.7 Å². The smallest absolute Gasteiger partial charge is 0.255 e. The lowest BCUT2D eigenvalue weighted by molar-refractivity contribution is -0.148. The van der Waals surface area contributed by atoms with Crippen molar-refractivity contribution in [2.24, 2.45) is 17.6 Å².